The van der Waals surface area contributed by atoms with E-state index in [-0.39, 0.29) is 18.0 Å². The highest BCUT2D eigenvalue weighted by atomic mass is 16.4. The number of hydrogen-bond donors (Lipinski definition) is 2. The maximum atomic E-state index is 12.0. The first-order valence-electron chi connectivity index (χ1n) is 6.86. The van der Waals surface area contributed by atoms with Gasteiger partial charge in [0, 0.05) is 19.1 Å². The molecule has 0 spiro atoms. The summed E-state index contributed by atoms with van der Waals surface area (Å²) in [6, 6.07) is 0.174. The topological polar surface area (TPSA) is 69.6 Å². The van der Waals surface area contributed by atoms with Gasteiger partial charge in [-0.3, -0.25) is 4.79 Å². The van der Waals surface area contributed by atoms with Crippen molar-refractivity contribution in [3.05, 3.63) is 0 Å². The molecule has 5 heteroatoms. The van der Waals surface area contributed by atoms with Crippen LogP contribution in [0.15, 0.2) is 0 Å². The second kappa shape index (κ2) is 5.59. The van der Waals surface area contributed by atoms with E-state index < -0.39 is 5.97 Å². The fraction of sp³-hybridized carbons (Fsp3) is 0.846. The Hall–Kier alpha value is -1.26. The highest BCUT2D eigenvalue weighted by Crippen LogP contribution is 2.24. The Kier molecular flexibility index (Phi) is 4.09. The van der Waals surface area contributed by atoms with Gasteiger partial charge in [-0.15, -0.1) is 0 Å². The fourth-order valence-corrected chi connectivity index (χ4v) is 2.93. The predicted octanol–water partition coefficient (Wildman–Crippen LogP) is 1.68. The molecule has 2 N–H and O–H groups in total. The average Bonchev–Trinajstić information content (AvgIpc) is 2.81. The van der Waals surface area contributed by atoms with Crippen molar-refractivity contribution in [1.82, 2.24) is 10.2 Å². The van der Waals surface area contributed by atoms with Gasteiger partial charge < -0.3 is 15.3 Å². The number of nitrogens with one attached hydrogen (secondary N) is 1. The van der Waals surface area contributed by atoms with E-state index in [2.05, 4.69) is 12.2 Å². The van der Waals surface area contributed by atoms with Crippen LogP contribution in [-0.2, 0) is 4.79 Å². The summed E-state index contributed by atoms with van der Waals surface area (Å²) in [5, 5.41) is 12.0. The molecule has 1 saturated heterocycles. The van der Waals surface area contributed by atoms with Crippen molar-refractivity contribution in [2.24, 2.45) is 11.8 Å². The number of urea groups is 1. The van der Waals surface area contributed by atoms with Crippen LogP contribution < -0.4 is 5.32 Å². The summed E-state index contributed by atoms with van der Waals surface area (Å²) < 4.78 is 0. The van der Waals surface area contributed by atoms with E-state index in [9.17, 15) is 9.59 Å². The minimum atomic E-state index is -0.795. The van der Waals surface area contributed by atoms with Crippen LogP contribution in [0.4, 0.5) is 4.79 Å². The number of amides is 2. The van der Waals surface area contributed by atoms with Gasteiger partial charge in [0.2, 0.25) is 0 Å². The van der Waals surface area contributed by atoms with Crippen LogP contribution >= 0.6 is 0 Å². The van der Waals surface area contributed by atoms with Gasteiger partial charge in [-0.1, -0.05) is 19.8 Å². The molecular weight excluding hydrogens is 232 g/mol. The molecule has 1 aliphatic carbocycles. The van der Waals surface area contributed by atoms with Crippen molar-refractivity contribution in [2.45, 2.75) is 45.1 Å². The maximum absolute atomic E-state index is 12.0. The monoisotopic (exact) mass is 254 g/mol. The van der Waals surface area contributed by atoms with E-state index in [1.54, 1.807) is 4.90 Å². The number of carbonyl (C=O) groups is 2. The Labute approximate surface area is 108 Å². The Morgan fingerprint density at radius 1 is 1.22 bits per heavy atom. The zero-order chi connectivity index (χ0) is 13.1. The summed E-state index contributed by atoms with van der Waals surface area (Å²) >= 11 is 0. The number of aliphatic carboxylic acids is 1. The summed E-state index contributed by atoms with van der Waals surface area (Å²) in [6.07, 6.45) is 5.21. The molecule has 102 valence electrons. The van der Waals surface area contributed by atoms with Crippen LogP contribution in [0.5, 0.6) is 0 Å². The van der Waals surface area contributed by atoms with E-state index in [1.165, 1.54) is 19.3 Å². The van der Waals surface area contributed by atoms with Gasteiger partial charge in [-0.05, 0) is 25.2 Å². The van der Waals surface area contributed by atoms with E-state index >= 15 is 0 Å². The van der Waals surface area contributed by atoms with Crippen molar-refractivity contribution in [3.8, 4) is 0 Å². The third kappa shape index (κ3) is 2.94. The van der Waals surface area contributed by atoms with E-state index in [4.69, 9.17) is 5.11 Å². The smallest absolute Gasteiger partial charge is 0.317 e. The van der Waals surface area contributed by atoms with E-state index in [1.807, 2.05) is 0 Å². The predicted molar refractivity (Wildman–Crippen MR) is 67.3 cm³/mol. The number of rotatable bonds is 2. The van der Waals surface area contributed by atoms with Crippen molar-refractivity contribution in [2.75, 3.05) is 13.1 Å². The van der Waals surface area contributed by atoms with Crippen molar-refractivity contribution in [1.29, 1.82) is 0 Å². The van der Waals surface area contributed by atoms with Crippen LogP contribution in [-0.4, -0.2) is 41.1 Å². The molecule has 3 unspecified atom stereocenters. The molecule has 2 amide bonds. The maximum Gasteiger partial charge on any atom is 0.317 e. The van der Waals surface area contributed by atoms with Crippen LogP contribution in [0, 0.1) is 11.8 Å². The molecule has 1 aliphatic heterocycles. The lowest BCUT2D eigenvalue weighted by atomic mass is 9.86. The molecule has 2 aliphatic rings. The van der Waals surface area contributed by atoms with Gasteiger partial charge in [0.25, 0.3) is 0 Å². The Morgan fingerprint density at radius 2 is 1.94 bits per heavy atom. The molecule has 1 heterocycles. The SMILES string of the molecule is CC1CCCCC1NC(=O)N1CCC(C(=O)O)C1. The zero-order valence-corrected chi connectivity index (χ0v) is 10.9. The van der Waals surface area contributed by atoms with Crippen LogP contribution in [0.1, 0.15) is 39.0 Å². The standard InChI is InChI=1S/C13H22N2O3/c1-9-4-2-3-5-11(9)14-13(18)15-7-6-10(8-15)12(16)17/h9-11H,2-8H2,1H3,(H,14,18)(H,16,17). The fourth-order valence-electron chi connectivity index (χ4n) is 2.93. The Bertz CT molecular complexity index is 332. The second-order valence-electron chi connectivity index (χ2n) is 5.59. The van der Waals surface area contributed by atoms with Gasteiger partial charge in [-0.2, -0.15) is 0 Å². The minimum absolute atomic E-state index is 0.0856. The second-order valence-corrected chi connectivity index (χ2v) is 5.59. The van der Waals surface area contributed by atoms with Gasteiger partial charge in [0.05, 0.1) is 5.92 Å². The highest BCUT2D eigenvalue weighted by Gasteiger charge is 2.32. The van der Waals surface area contributed by atoms with Crippen LogP contribution in [0.2, 0.25) is 0 Å². The quantitative estimate of drug-likeness (QED) is 0.787. The molecule has 0 bridgehead atoms. The molecule has 5 nitrogen and oxygen atoms in total. The summed E-state index contributed by atoms with van der Waals surface area (Å²) in [5.41, 5.74) is 0. The normalized spacial score (nSPS) is 32.3. The lowest BCUT2D eigenvalue weighted by Gasteiger charge is -2.31. The molecule has 0 aromatic heterocycles. The highest BCUT2D eigenvalue weighted by molar-refractivity contribution is 5.77. The van der Waals surface area contributed by atoms with Gasteiger partial charge in [0.15, 0.2) is 0 Å². The van der Waals surface area contributed by atoms with Gasteiger partial charge >= 0.3 is 12.0 Å². The third-order valence-corrected chi connectivity index (χ3v) is 4.25. The number of likely N-dealkylation sites (tertiary alicyclic amines) is 1. The van der Waals surface area contributed by atoms with E-state index in [0.717, 1.165) is 6.42 Å². The minimum Gasteiger partial charge on any atom is -0.481 e. The summed E-state index contributed by atoms with van der Waals surface area (Å²) in [6.45, 7) is 3.08. The van der Waals surface area contributed by atoms with Crippen molar-refractivity contribution < 1.29 is 14.7 Å². The van der Waals surface area contributed by atoms with Gasteiger partial charge in [0.1, 0.15) is 0 Å². The first kappa shape index (κ1) is 13.2. The molecule has 0 aromatic carbocycles. The molecule has 0 aromatic rings. The third-order valence-electron chi connectivity index (χ3n) is 4.25. The lowest BCUT2D eigenvalue weighted by Crippen LogP contribution is -2.47. The number of carboxylic acid groups (broad SMARTS) is 1. The van der Waals surface area contributed by atoms with Crippen LogP contribution in [0.25, 0.3) is 0 Å². The molecule has 3 atom stereocenters. The number of nitrogens with zero attached hydrogens (tertiary/aromatic N) is 1. The Balaban J connectivity index is 1.83. The number of hydrogen-bond acceptors (Lipinski definition) is 2. The van der Waals surface area contributed by atoms with Crippen molar-refractivity contribution in [3.63, 3.8) is 0 Å². The van der Waals surface area contributed by atoms with Gasteiger partial charge in [-0.25, -0.2) is 4.79 Å². The molecular formula is C13H22N2O3. The first-order valence-corrected chi connectivity index (χ1v) is 6.86. The number of carbonyl (C=O) groups excluding carboxylic acids is 1. The zero-order valence-electron chi connectivity index (χ0n) is 10.9. The lowest BCUT2D eigenvalue weighted by molar-refractivity contribution is -0.141. The molecule has 2 fully saturated rings. The molecule has 0 radical (unpaired) electrons. The largest absolute Gasteiger partial charge is 0.481 e. The molecule has 18 heavy (non-hydrogen) atoms. The van der Waals surface area contributed by atoms with Crippen LogP contribution in [0.3, 0.4) is 0 Å². The Morgan fingerprint density at radius 3 is 2.56 bits per heavy atom. The first-order chi connectivity index (χ1) is 8.58. The summed E-state index contributed by atoms with van der Waals surface area (Å²) in [7, 11) is 0. The molecule has 2 rings (SSSR count). The number of carboxylic acids is 1. The molecule has 1 saturated carbocycles. The summed E-state index contributed by atoms with van der Waals surface area (Å²) in [4.78, 5) is 24.5. The van der Waals surface area contributed by atoms with Crippen molar-refractivity contribution >= 4 is 12.0 Å². The average molecular weight is 254 g/mol. The van der Waals surface area contributed by atoms with E-state index in [0.29, 0.717) is 25.4 Å². The summed E-state index contributed by atoms with van der Waals surface area (Å²) in [5.74, 6) is -0.656.